The minimum atomic E-state index is -0.491. The standard InChI is InChI=1S/C27H28O4/c1-27(2,3)22-12-8-9-13-23(22)30-19-26(28)31-24-17-16-21(18-25(24)29-4)15-14-20-10-6-5-7-11-20/h5-18H,19H2,1-4H3. The second-order valence-electron chi connectivity index (χ2n) is 8.16. The van der Waals surface area contributed by atoms with Crippen LogP contribution >= 0.6 is 0 Å². The van der Waals surface area contributed by atoms with Crippen molar-refractivity contribution in [1.29, 1.82) is 0 Å². The monoisotopic (exact) mass is 416 g/mol. The molecule has 31 heavy (non-hydrogen) atoms. The van der Waals surface area contributed by atoms with Gasteiger partial charge in [-0.05, 0) is 40.3 Å². The summed E-state index contributed by atoms with van der Waals surface area (Å²) in [5.41, 5.74) is 2.99. The molecule has 0 aliphatic heterocycles. The van der Waals surface area contributed by atoms with Gasteiger partial charge >= 0.3 is 5.97 Å². The van der Waals surface area contributed by atoms with Crippen LogP contribution in [0.5, 0.6) is 17.2 Å². The molecular weight excluding hydrogens is 388 g/mol. The van der Waals surface area contributed by atoms with Crippen LogP contribution < -0.4 is 14.2 Å². The molecule has 0 heterocycles. The second-order valence-corrected chi connectivity index (χ2v) is 8.16. The molecule has 0 saturated heterocycles. The molecule has 3 aromatic carbocycles. The van der Waals surface area contributed by atoms with Gasteiger partial charge < -0.3 is 14.2 Å². The van der Waals surface area contributed by atoms with Gasteiger partial charge in [-0.1, -0.05) is 87.5 Å². The predicted molar refractivity (Wildman–Crippen MR) is 125 cm³/mol. The first-order valence-corrected chi connectivity index (χ1v) is 10.2. The topological polar surface area (TPSA) is 44.8 Å². The SMILES string of the molecule is COc1cc(C=Cc2ccccc2)ccc1OC(=O)COc1ccccc1C(C)(C)C. The van der Waals surface area contributed by atoms with Crippen LogP contribution in [0, 0.1) is 0 Å². The van der Waals surface area contributed by atoms with Crippen LogP contribution in [0.3, 0.4) is 0 Å². The summed E-state index contributed by atoms with van der Waals surface area (Å²) in [6, 6.07) is 23.2. The molecule has 0 aliphatic carbocycles. The number of hydrogen-bond acceptors (Lipinski definition) is 4. The number of ether oxygens (including phenoxy) is 3. The molecule has 0 N–H and O–H groups in total. The van der Waals surface area contributed by atoms with Crippen LogP contribution in [-0.4, -0.2) is 19.7 Å². The Kier molecular flexibility index (Phi) is 7.14. The Bertz CT molecular complexity index is 1050. The van der Waals surface area contributed by atoms with Gasteiger partial charge in [-0.2, -0.15) is 0 Å². The van der Waals surface area contributed by atoms with E-state index < -0.39 is 5.97 Å². The maximum Gasteiger partial charge on any atom is 0.349 e. The number of rotatable bonds is 7. The Morgan fingerprint density at radius 3 is 2.19 bits per heavy atom. The van der Waals surface area contributed by atoms with Crippen LogP contribution in [0.2, 0.25) is 0 Å². The average Bonchev–Trinajstić information content (AvgIpc) is 2.77. The zero-order valence-corrected chi connectivity index (χ0v) is 18.4. The lowest BCUT2D eigenvalue weighted by Crippen LogP contribution is -2.20. The van der Waals surface area contributed by atoms with E-state index in [9.17, 15) is 4.79 Å². The van der Waals surface area contributed by atoms with E-state index >= 15 is 0 Å². The maximum absolute atomic E-state index is 12.4. The molecule has 3 aromatic rings. The highest BCUT2D eigenvalue weighted by Gasteiger charge is 2.19. The lowest BCUT2D eigenvalue weighted by molar-refractivity contribution is -0.136. The Labute approximate surface area is 184 Å². The lowest BCUT2D eigenvalue weighted by atomic mass is 9.86. The first kappa shape index (κ1) is 22.2. The molecule has 0 radical (unpaired) electrons. The van der Waals surface area contributed by atoms with Crippen molar-refractivity contribution in [3.05, 3.63) is 89.5 Å². The van der Waals surface area contributed by atoms with Gasteiger partial charge in [-0.15, -0.1) is 0 Å². The lowest BCUT2D eigenvalue weighted by Gasteiger charge is -2.22. The van der Waals surface area contributed by atoms with Crippen molar-refractivity contribution in [3.8, 4) is 17.2 Å². The van der Waals surface area contributed by atoms with E-state index in [0.717, 1.165) is 16.7 Å². The van der Waals surface area contributed by atoms with Gasteiger partial charge in [-0.3, -0.25) is 0 Å². The molecular formula is C27H28O4. The summed E-state index contributed by atoms with van der Waals surface area (Å²) in [4.78, 5) is 12.4. The fourth-order valence-electron chi connectivity index (χ4n) is 3.13. The third-order valence-electron chi connectivity index (χ3n) is 4.72. The number of benzene rings is 3. The minimum Gasteiger partial charge on any atom is -0.493 e. The molecule has 0 unspecified atom stereocenters. The van der Waals surface area contributed by atoms with Crippen LogP contribution in [0.1, 0.15) is 37.5 Å². The van der Waals surface area contributed by atoms with E-state index in [-0.39, 0.29) is 12.0 Å². The van der Waals surface area contributed by atoms with Crippen LogP contribution in [-0.2, 0) is 10.2 Å². The van der Waals surface area contributed by atoms with Gasteiger partial charge in [0.15, 0.2) is 18.1 Å². The summed E-state index contributed by atoms with van der Waals surface area (Å²) in [6.07, 6.45) is 4.00. The number of carbonyl (C=O) groups is 1. The van der Waals surface area contributed by atoms with Gasteiger partial charge in [-0.25, -0.2) is 4.79 Å². The molecule has 0 spiro atoms. The molecule has 3 rings (SSSR count). The van der Waals surface area contributed by atoms with Gasteiger partial charge in [0.1, 0.15) is 5.75 Å². The van der Waals surface area contributed by atoms with E-state index in [1.165, 1.54) is 0 Å². The molecule has 0 aliphatic rings. The summed E-state index contributed by atoms with van der Waals surface area (Å²) in [7, 11) is 1.55. The highest BCUT2D eigenvalue weighted by molar-refractivity contribution is 5.76. The number of para-hydroxylation sites is 1. The molecule has 4 nitrogen and oxygen atoms in total. The molecule has 0 atom stereocenters. The number of hydrogen-bond donors (Lipinski definition) is 0. The molecule has 160 valence electrons. The smallest absolute Gasteiger partial charge is 0.349 e. The zero-order chi connectivity index (χ0) is 22.3. The van der Waals surface area contributed by atoms with E-state index in [1.807, 2.05) is 78.9 Å². The molecule has 0 fully saturated rings. The Hall–Kier alpha value is -3.53. The first-order chi connectivity index (χ1) is 14.9. The van der Waals surface area contributed by atoms with E-state index in [2.05, 4.69) is 20.8 Å². The Morgan fingerprint density at radius 2 is 1.48 bits per heavy atom. The van der Waals surface area contributed by atoms with Crippen molar-refractivity contribution < 1.29 is 19.0 Å². The van der Waals surface area contributed by atoms with Crippen molar-refractivity contribution in [2.75, 3.05) is 13.7 Å². The van der Waals surface area contributed by atoms with Crippen molar-refractivity contribution in [1.82, 2.24) is 0 Å². The van der Waals surface area contributed by atoms with Crippen molar-refractivity contribution in [2.24, 2.45) is 0 Å². The molecule has 0 amide bonds. The fraction of sp³-hybridized carbons (Fsp3) is 0.222. The molecule has 0 bridgehead atoms. The molecule has 4 heteroatoms. The van der Waals surface area contributed by atoms with Crippen molar-refractivity contribution in [3.63, 3.8) is 0 Å². The third kappa shape index (κ3) is 6.22. The van der Waals surface area contributed by atoms with Gasteiger partial charge in [0.05, 0.1) is 7.11 Å². The van der Waals surface area contributed by atoms with Gasteiger partial charge in [0.2, 0.25) is 0 Å². The maximum atomic E-state index is 12.4. The van der Waals surface area contributed by atoms with Gasteiger partial charge in [0.25, 0.3) is 0 Å². The predicted octanol–water partition coefficient (Wildman–Crippen LogP) is 6.15. The first-order valence-electron chi connectivity index (χ1n) is 10.2. The summed E-state index contributed by atoms with van der Waals surface area (Å²) in [6.45, 7) is 6.12. The van der Waals surface area contributed by atoms with Crippen LogP contribution in [0.25, 0.3) is 12.2 Å². The highest BCUT2D eigenvalue weighted by atomic mass is 16.6. The Morgan fingerprint density at radius 1 is 0.806 bits per heavy atom. The summed E-state index contributed by atoms with van der Waals surface area (Å²) >= 11 is 0. The van der Waals surface area contributed by atoms with Crippen molar-refractivity contribution in [2.45, 2.75) is 26.2 Å². The second kappa shape index (κ2) is 9.98. The van der Waals surface area contributed by atoms with E-state index in [0.29, 0.717) is 17.2 Å². The van der Waals surface area contributed by atoms with Crippen LogP contribution in [0.4, 0.5) is 0 Å². The minimum absolute atomic E-state index is 0.0905. The number of methoxy groups -OCH3 is 1. The third-order valence-corrected chi connectivity index (χ3v) is 4.72. The number of carbonyl (C=O) groups excluding carboxylic acids is 1. The van der Waals surface area contributed by atoms with Gasteiger partial charge in [0, 0.05) is 0 Å². The largest absolute Gasteiger partial charge is 0.493 e. The fourth-order valence-corrected chi connectivity index (χ4v) is 3.13. The average molecular weight is 417 g/mol. The quantitative estimate of drug-likeness (QED) is 0.263. The normalized spacial score (nSPS) is 11.4. The highest BCUT2D eigenvalue weighted by Crippen LogP contribution is 2.32. The van der Waals surface area contributed by atoms with Crippen LogP contribution in [0.15, 0.2) is 72.8 Å². The van der Waals surface area contributed by atoms with E-state index in [1.54, 1.807) is 13.2 Å². The molecule has 0 aromatic heterocycles. The Balaban J connectivity index is 1.66. The zero-order valence-electron chi connectivity index (χ0n) is 18.4. The summed E-state index contributed by atoms with van der Waals surface area (Å²) in [5, 5.41) is 0. The summed E-state index contributed by atoms with van der Waals surface area (Å²) < 4.78 is 16.7. The molecule has 0 saturated carbocycles. The number of esters is 1. The van der Waals surface area contributed by atoms with Crippen molar-refractivity contribution >= 4 is 18.1 Å². The van der Waals surface area contributed by atoms with E-state index in [4.69, 9.17) is 14.2 Å². The summed E-state index contributed by atoms with van der Waals surface area (Å²) in [5.74, 6) is 1.03.